The lowest BCUT2D eigenvalue weighted by atomic mass is 10.3. The van der Waals surface area contributed by atoms with Crippen molar-refractivity contribution in [3.63, 3.8) is 0 Å². The lowest BCUT2D eigenvalue weighted by Gasteiger charge is -2.06. The first-order valence-corrected chi connectivity index (χ1v) is 8.90. The van der Waals surface area contributed by atoms with E-state index in [-0.39, 0.29) is 20.1 Å². The van der Waals surface area contributed by atoms with Gasteiger partial charge in [0.15, 0.2) is 0 Å². The number of rotatable bonds is 4. The molecule has 0 aliphatic carbocycles. The standard InChI is InChI=1S/C10H6Br2N2O4S2/c11-7-2-1-6(5-8(7)14(15)16)13-20(17,18)10-4-3-9(12)19-10/h1-5,13H. The van der Waals surface area contributed by atoms with E-state index in [2.05, 4.69) is 36.6 Å². The second kappa shape index (κ2) is 5.80. The van der Waals surface area contributed by atoms with Gasteiger partial charge in [-0.3, -0.25) is 14.8 Å². The predicted molar refractivity (Wildman–Crippen MR) is 83.6 cm³/mol. The monoisotopic (exact) mass is 440 g/mol. The fourth-order valence-corrected chi connectivity index (χ4v) is 4.81. The number of nitrogens with zero attached hydrogens (tertiary/aromatic N) is 1. The van der Waals surface area contributed by atoms with E-state index < -0.39 is 14.9 Å². The van der Waals surface area contributed by atoms with E-state index in [0.29, 0.717) is 3.79 Å². The molecule has 6 nitrogen and oxygen atoms in total. The first kappa shape index (κ1) is 15.4. The maximum atomic E-state index is 12.1. The minimum atomic E-state index is -3.75. The van der Waals surface area contributed by atoms with Crippen molar-refractivity contribution in [2.45, 2.75) is 4.21 Å². The van der Waals surface area contributed by atoms with E-state index in [0.717, 1.165) is 17.4 Å². The average Bonchev–Trinajstić information content (AvgIpc) is 2.78. The number of hydrogen-bond acceptors (Lipinski definition) is 5. The Balaban J connectivity index is 2.35. The van der Waals surface area contributed by atoms with Gasteiger partial charge in [-0.2, -0.15) is 0 Å². The van der Waals surface area contributed by atoms with Gasteiger partial charge in [0.05, 0.1) is 18.9 Å². The quantitative estimate of drug-likeness (QED) is 0.573. The Labute approximate surface area is 135 Å². The van der Waals surface area contributed by atoms with Crippen molar-refractivity contribution < 1.29 is 13.3 Å². The second-order valence-electron chi connectivity index (χ2n) is 3.59. The smallest absolute Gasteiger partial charge is 0.279 e. The molecule has 1 heterocycles. The minimum Gasteiger partial charge on any atom is -0.279 e. The van der Waals surface area contributed by atoms with Gasteiger partial charge in [0.2, 0.25) is 0 Å². The average molecular weight is 442 g/mol. The van der Waals surface area contributed by atoms with Crippen molar-refractivity contribution in [3.05, 3.63) is 48.7 Å². The number of nitrogens with one attached hydrogen (secondary N) is 1. The van der Waals surface area contributed by atoms with Gasteiger partial charge in [0.25, 0.3) is 15.7 Å². The summed E-state index contributed by atoms with van der Waals surface area (Å²) >= 11 is 7.27. The Morgan fingerprint density at radius 2 is 1.90 bits per heavy atom. The van der Waals surface area contributed by atoms with Crippen LogP contribution in [-0.4, -0.2) is 13.3 Å². The molecule has 0 saturated heterocycles. The third-order valence-corrected chi connectivity index (χ3v) is 6.38. The molecule has 106 valence electrons. The molecule has 0 saturated carbocycles. The number of nitro benzene ring substituents is 1. The van der Waals surface area contributed by atoms with Gasteiger partial charge in [-0.25, -0.2) is 8.42 Å². The summed E-state index contributed by atoms with van der Waals surface area (Å²) in [5, 5.41) is 10.8. The number of halogens is 2. The summed E-state index contributed by atoms with van der Waals surface area (Å²) in [5.74, 6) is 0. The summed E-state index contributed by atoms with van der Waals surface area (Å²) in [6.45, 7) is 0. The fourth-order valence-electron chi connectivity index (χ4n) is 1.36. The lowest BCUT2D eigenvalue weighted by Crippen LogP contribution is -2.11. The summed E-state index contributed by atoms with van der Waals surface area (Å²) in [5.41, 5.74) is -0.0815. The van der Waals surface area contributed by atoms with Crippen LogP contribution in [0.5, 0.6) is 0 Å². The molecule has 0 spiro atoms. The summed E-state index contributed by atoms with van der Waals surface area (Å²) in [7, 11) is -3.75. The largest absolute Gasteiger partial charge is 0.285 e. The van der Waals surface area contributed by atoms with E-state index in [4.69, 9.17) is 0 Å². The number of nitro groups is 1. The van der Waals surface area contributed by atoms with Gasteiger partial charge in [-0.15, -0.1) is 11.3 Å². The fraction of sp³-hybridized carbons (Fsp3) is 0. The molecule has 0 atom stereocenters. The number of sulfonamides is 1. The zero-order valence-corrected chi connectivity index (χ0v) is 14.3. The molecular formula is C10H6Br2N2O4S2. The Kier molecular flexibility index (Phi) is 4.47. The number of thiophene rings is 1. The van der Waals surface area contributed by atoms with Crippen LogP contribution in [0.2, 0.25) is 0 Å². The van der Waals surface area contributed by atoms with E-state index in [9.17, 15) is 18.5 Å². The molecule has 1 aromatic heterocycles. The van der Waals surface area contributed by atoms with E-state index in [1.165, 1.54) is 18.2 Å². The summed E-state index contributed by atoms with van der Waals surface area (Å²) in [6.07, 6.45) is 0. The third-order valence-electron chi connectivity index (χ3n) is 2.21. The van der Waals surface area contributed by atoms with E-state index in [1.54, 1.807) is 6.07 Å². The highest BCUT2D eigenvalue weighted by Crippen LogP contribution is 2.31. The summed E-state index contributed by atoms with van der Waals surface area (Å²) in [6, 6.07) is 7.08. The van der Waals surface area contributed by atoms with Crippen molar-refractivity contribution in [1.82, 2.24) is 0 Å². The molecule has 0 amide bonds. The van der Waals surface area contributed by atoms with Crippen LogP contribution in [0.3, 0.4) is 0 Å². The van der Waals surface area contributed by atoms with Crippen molar-refractivity contribution in [3.8, 4) is 0 Å². The Hall–Kier alpha value is -0.970. The van der Waals surface area contributed by atoms with Crippen molar-refractivity contribution in [2.24, 2.45) is 0 Å². The highest BCUT2D eigenvalue weighted by atomic mass is 79.9. The molecule has 0 fully saturated rings. The van der Waals surface area contributed by atoms with Crippen LogP contribution < -0.4 is 4.72 Å². The molecule has 2 rings (SSSR count). The van der Waals surface area contributed by atoms with Gasteiger partial charge < -0.3 is 0 Å². The first-order valence-electron chi connectivity index (χ1n) is 5.02. The van der Waals surface area contributed by atoms with Gasteiger partial charge in [-0.1, -0.05) is 0 Å². The second-order valence-corrected chi connectivity index (χ2v) is 8.81. The van der Waals surface area contributed by atoms with Crippen LogP contribution >= 0.6 is 43.2 Å². The van der Waals surface area contributed by atoms with Crippen LogP contribution in [0, 0.1) is 10.1 Å². The zero-order valence-electron chi connectivity index (χ0n) is 9.54. The van der Waals surface area contributed by atoms with E-state index >= 15 is 0 Å². The van der Waals surface area contributed by atoms with Crippen molar-refractivity contribution >= 4 is 64.6 Å². The van der Waals surface area contributed by atoms with Crippen molar-refractivity contribution in [2.75, 3.05) is 4.72 Å². The van der Waals surface area contributed by atoms with Crippen LogP contribution in [0.25, 0.3) is 0 Å². The Bertz CT molecular complexity index is 773. The topological polar surface area (TPSA) is 89.3 Å². The van der Waals surface area contributed by atoms with Gasteiger partial charge in [0.1, 0.15) is 4.21 Å². The number of anilines is 1. The summed E-state index contributed by atoms with van der Waals surface area (Å²) < 4.78 is 27.5. The SMILES string of the molecule is O=[N+]([O-])c1cc(NS(=O)(=O)c2ccc(Br)s2)ccc1Br. The molecule has 0 radical (unpaired) electrons. The molecular weight excluding hydrogens is 436 g/mol. The first-order chi connectivity index (χ1) is 9.29. The number of benzene rings is 1. The predicted octanol–water partition coefficient (Wildman–Crippen LogP) is 3.98. The van der Waals surface area contributed by atoms with Crippen LogP contribution in [0.1, 0.15) is 0 Å². The molecule has 20 heavy (non-hydrogen) atoms. The minimum absolute atomic E-state index is 0.120. The normalized spacial score (nSPS) is 11.3. The molecule has 1 N–H and O–H groups in total. The Morgan fingerprint density at radius 1 is 1.20 bits per heavy atom. The Morgan fingerprint density at radius 3 is 2.45 bits per heavy atom. The molecule has 0 unspecified atom stereocenters. The maximum absolute atomic E-state index is 12.1. The van der Waals surface area contributed by atoms with Crippen molar-refractivity contribution in [1.29, 1.82) is 0 Å². The van der Waals surface area contributed by atoms with Crippen LogP contribution in [0.4, 0.5) is 11.4 Å². The number of hydrogen-bond donors (Lipinski definition) is 1. The molecule has 10 heteroatoms. The van der Waals surface area contributed by atoms with E-state index in [1.807, 2.05) is 0 Å². The lowest BCUT2D eigenvalue weighted by molar-refractivity contribution is -0.385. The summed E-state index contributed by atoms with van der Waals surface area (Å²) in [4.78, 5) is 10.2. The highest BCUT2D eigenvalue weighted by Gasteiger charge is 2.19. The zero-order chi connectivity index (χ0) is 14.9. The van der Waals surface area contributed by atoms with Gasteiger partial charge >= 0.3 is 0 Å². The van der Waals surface area contributed by atoms with Crippen LogP contribution in [-0.2, 0) is 10.0 Å². The molecule has 0 aliphatic heterocycles. The van der Waals surface area contributed by atoms with Gasteiger partial charge in [0, 0.05) is 6.07 Å². The highest BCUT2D eigenvalue weighted by molar-refractivity contribution is 9.11. The molecule has 1 aromatic carbocycles. The molecule has 0 bridgehead atoms. The molecule has 2 aromatic rings. The van der Waals surface area contributed by atoms with Gasteiger partial charge in [-0.05, 0) is 56.1 Å². The van der Waals surface area contributed by atoms with Crippen LogP contribution in [0.15, 0.2) is 42.8 Å². The third kappa shape index (κ3) is 3.37. The maximum Gasteiger partial charge on any atom is 0.285 e. The molecule has 0 aliphatic rings.